The predicted octanol–water partition coefficient (Wildman–Crippen LogP) is -5.74. The van der Waals surface area contributed by atoms with Crippen molar-refractivity contribution >= 4 is 11.4 Å². The molecule has 2 aliphatic heterocycles. The summed E-state index contributed by atoms with van der Waals surface area (Å²) < 4.78 is 42.1. The highest BCUT2D eigenvalue weighted by atomic mass is 32.2. The van der Waals surface area contributed by atoms with E-state index in [0.29, 0.717) is 0 Å². The van der Waals surface area contributed by atoms with Crippen molar-refractivity contribution in [3.8, 4) is 0 Å². The number of hydrogen-bond acceptors (Lipinski definition) is 17. The second-order valence-electron chi connectivity index (χ2n) is 10.4. The number of aliphatic hydroxyl groups excluding tert-OH is 5. The summed E-state index contributed by atoms with van der Waals surface area (Å²) in [6.45, 7) is 3.11. The van der Waals surface area contributed by atoms with Gasteiger partial charge in [-0.25, -0.2) is 5.26 Å². The molecule has 0 bridgehead atoms. The Morgan fingerprint density at radius 3 is 1.95 bits per heavy atom. The van der Waals surface area contributed by atoms with Crippen LogP contribution in [-0.4, -0.2) is 157 Å². The first-order valence-corrected chi connectivity index (χ1v) is 13.6. The highest BCUT2D eigenvalue weighted by Crippen LogP contribution is 2.32. The lowest BCUT2D eigenvalue weighted by Gasteiger charge is -2.49. The number of hydrogen-bond donors (Lipinski definition) is 12. The van der Waals surface area contributed by atoms with Crippen LogP contribution in [-0.2, 0) is 34.6 Å². The van der Waals surface area contributed by atoms with Gasteiger partial charge >= 0.3 is 11.4 Å². The molecule has 238 valence electrons. The van der Waals surface area contributed by atoms with Crippen LogP contribution in [0.5, 0.6) is 0 Å². The molecule has 40 heavy (non-hydrogen) atoms. The molecular weight excluding hydrogens is 564 g/mol. The summed E-state index contributed by atoms with van der Waals surface area (Å²) in [6.07, 6.45) is -12.8. The quantitative estimate of drug-likeness (QED) is 0.0693. The van der Waals surface area contributed by atoms with Crippen LogP contribution in [0.1, 0.15) is 20.3 Å². The second kappa shape index (κ2) is 15.3. The van der Waals surface area contributed by atoms with E-state index >= 15 is 0 Å². The largest absolute Gasteiger partial charge is 0.388 e. The highest BCUT2D eigenvalue weighted by molar-refractivity contribution is 7.74. The van der Waals surface area contributed by atoms with E-state index in [1.165, 1.54) is 6.92 Å². The van der Waals surface area contributed by atoms with E-state index in [1.807, 2.05) is 0 Å². The van der Waals surface area contributed by atoms with E-state index in [1.54, 1.807) is 21.0 Å². The van der Waals surface area contributed by atoms with Gasteiger partial charge in [0, 0.05) is 18.1 Å². The number of ether oxygens (including phenoxy) is 4. The Labute approximate surface area is 233 Å². The van der Waals surface area contributed by atoms with Gasteiger partial charge in [0.05, 0.1) is 12.6 Å². The van der Waals surface area contributed by atoms with E-state index < -0.39 is 103 Å². The lowest BCUT2D eigenvalue weighted by atomic mass is 9.84. The number of nitrogens with two attached hydrogens (primary N) is 2. The molecule has 3 fully saturated rings. The fourth-order valence-electron chi connectivity index (χ4n) is 5.08. The monoisotopic (exact) mass is 608 g/mol. The van der Waals surface area contributed by atoms with Gasteiger partial charge in [0.25, 0.3) is 0 Å². The van der Waals surface area contributed by atoms with Crippen LogP contribution in [0, 0.1) is 0 Å². The summed E-state index contributed by atoms with van der Waals surface area (Å²) in [5.41, 5.74) is 11.1. The van der Waals surface area contributed by atoms with Crippen LogP contribution in [0.15, 0.2) is 0 Å². The van der Waals surface area contributed by atoms with Crippen molar-refractivity contribution < 1.29 is 67.9 Å². The number of likely N-dealkylation sites (N-methyl/N-ethyl adjacent to an activating group) is 2. The summed E-state index contributed by atoms with van der Waals surface area (Å²) in [5, 5.41) is 76.1. The van der Waals surface area contributed by atoms with Crippen LogP contribution in [0.3, 0.4) is 0 Å². The van der Waals surface area contributed by atoms with Crippen LogP contribution in [0.25, 0.3) is 0 Å². The summed E-state index contributed by atoms with van der Waals surface area (Å²) in [5.74, 6) is 0. The van der Waals surface area contributed by atoms with E-state index in [9.17, 15) is 30.6 Å². The third-order valence-electron chi connectivity index (χ3n) is 7.40. The fourth-order valence-corrected chi connectivity index (χ4v) is 5.08. The summed E-state index contributed by atoms with van der Waals surface area (Å²) >= 11 is -2.52. The van der Waals surface area contributed by atoms with Crippen molar-refractivity contribution in [3.63, 3.8) is 0 Å². The van der Waals surface area contributed by atoms with Crippen molar-refractivity contribution in [2.24, 2.45) is 11.5 Å². The smallest absolute Gasteiger partial charge is 0.330 e. The van der Waals surface area contributed by atoms with E-state index in [2.05, 4.69) is 15.0 Å². The molecule has 1 saturated carbocycles. The molecule has 0 aromatic rings. The van der Waals surface area contributed by atoms with Gasteiger partial charge in [-0.15, -0.1) is 4.33 Å². The maximum absolute atomic E-state index is 11.1. The molecule has 19 heteroatoms. The Kier molecular flexibility index (Phi) is 13.6. The van der Waals surface area contributed by atoms with Crippen molar-refractivity contribution in [2.45, 2.75) is 111 Å². The maximum atomic E-state index is 11.1. The Balaban J connectivity index is 0.00000103. The SMILES string of the molecule is CNC(C)C1O[C@@H](O[C@@H]2C(N)C[C@@H](N)C(O[C@H]3OC[C@](C)(O)C(NC)[C@H]3O)[C@H]2O)C(O)[C@@H](O)[C@@H]1O.O=S(O)OO. The summed E-state index contributed by atoms with van der Waals surface area (Å²) in [7, 11) is 3.23. The van der Waals surface area contributed by atoms with Crippen molar-refractivity contribution in [3.05, 3.63) is 0 Å². The Morgan fingerprint density at radius 2 is 1.48 bits per heavy atom. The second-order valence-corrected chi connectivity index (χ2v) is 10.9. The third-order valence-corrected chi connectivity index (χ3v) is 7.53. The van der Waals surface area contributed by atoms with Gasteiger partial charge in [0.2, 0.25) is 0 Å². The molecule has 3 aliphatic rings. The van der Waals surface area contributed by atoms with Crippen LogP contribution >= 0.6 is 0 Å². The maximum Gasteiger partial charge on any atom is 0.330 e. The Hall–Kier alpha value is -0.530. The minimum Gasteiger partial charge on any atom is -0.388 e. The topological polar surface area (TPSA) is 301 Å². The first-order chi connectivity index (χ1) is 18.6. The van der Waals surface area contributed by atoms with Crippen LogP contribution in [0.4, 0.5) is 0 Å². The van der Waals surface area contributed by atoms with Crippen molar-refractivity contribution in [1.29, 1.82) is 0 Å². The lowest BCUT2D eigenvalue weighted by Crippen LogP contribution is -2.69. The molecule has 16 atom stereocenters. The third kappa shape index (κ3) is 8.30. The first kappa shape index (κ1) is 35.7. The predicted molar refractivity (Wildman–Crippen MR) is 135 cm³/mol. The minimum absolute atomic E-state index is 0.134. The average molecular weight is 609 g/mol. The van der Waals surface area contributed by atoms with Gasteiger partial charge in [-0.1, -0.05) is 0 Å². The zero-order chi connectivity index (χ0) is 30.5. The van der Waals surface area contributed by atoms with Crippen LogP contribution in [0.2, 0.25) is 0 Å². The van der Waals surface area contributed by atoms with Gasteiger partial charge in [-0.05, 0) is 34.4 Å². The number of rotatable bonds is 8. The molecule has 2 saturated heterocycles. The van der Waals surface area contributed by atoms with Crippen LogP contribution < -0.4 is 22.1 Å². The Morgan fingerprint density at radius 1 is 0.950 bits per heavy atom. The van der Waals surface area contributed by atoms with Gasteiger partial charge in [0.1, 0.15) is 54.4 Å². The molecule has 1 aliphatic carbocycles. The number of nitrogens with one attached hydrogen (secondary N) is 2. The first-order valence-electron chi connectivity index (χ1n) is 12.6. The summed E-state index contributed by atoms with van der Waals surface area (Å²) in [4.78, 5) is 0. The molecule has 3 rings (SSSR count). The summed E-state index contributed by atoms with van der Waals surface area (Å²) in [6, 6.07) is -2.68. The molecular formula is C21H44N4O14S. The highest BCUT2D eigenvalue weighted by Gasteiger charge is 2.52. The molecule has 7 unspecified atom stereocenters. The molecule has 0 aromatic heterocycles. The lowest BCUT2D eigenvalue weighted by molar-refractivity contribution is -0.333. The zero-order valence-electron chi connectivity index (χ0n) is 22.6. The standard InChI is InChI=1S/C21H42N4O10.H2O4S/c1-7(24-3)15-11(27)10(26)12(28)20(33-15)35-17-9(23)5-8(22)16(13(17)29)34-19-14(30)18(25-4)21(2,31)6-32-19;1-4-5(2)3/h7-20,24-31H,5-6,22-23H2,1-4H3;1H,(H,2,3)/t7?,8-,9?,10+,11+,12?,13-,14-,15?,16?,17-,18?,19-,20+,21+;/m1./s1. The van der Waals surface area contributed by atoms with Gasteiger partial charge < -0.3 is 71.7 Å². The minimum atomic E-state index is -2.52. The Bertz CT molecular complexity index is 804. The van der Waals surface area contributed by atoms with Gasteiger partial charge in [0.15, 0.2) is 12.6 Å². The molecule has 0 spiro atoms. The fraction of sp³-hybridized carbons (Fsp3) is 1.00. The van der Waals surface area contributed by atoms with Gasteiger partial charge in [-0.3, -0.25) is 4.55 Å². The molecule has 14 N–H and O–H groups in total. The molecule has 0 radical (unpaired) electrons. The van der Waals surface area contributed by atoms with Crippen molar-refractivity contribution in [2.75, 3.05) is 20.7 Å². The van der Waals surface area contributed by atoms with Crippen molar-refractivity contribution in [1.82, 2.24) is 10.6 Å². The van der Waals surface area contributed by atoms with Gasteiger partial charge in [-0.2, -0.15) is 4.21 Å². The average Bonchev–Trinajstić information content (AvgIpc) is 2.89. The van der Waals surface area contributed by atoms with E-state index in [0.717, 1.165) is 0 Å². The number of aliphatic hydroxyl groups is 6. The molecule has 0 aromatic carbocycles. The molecule has 2 heterocycles. The molecule has 0 amide bonds. The zero-order valence-corrected chi connectivity index (χ0v) is 23.4. The van der Waals surface area contributed by atoms with E-state index in [-0.39, 0.29) is 13.0 Å². The molecule has 18 nitrogen and oxygen atoms in total. The normalized spacial score (nSPS) is 47.6. The van der Waals surface area contributed by atoms with E-state index in [4.69, 9.17) is 44.4 Å².